The van der Waals surface area contributed by atoms with Gasteiger partial charge in [-0.2, -0.15) is 0 Å². The summed E-state index contributed by atoms with van der Waals surface area (Å²) in [6, 6.07) is 6.04. The van der Waals surface area contributed by atoms with Gasteiger partial charge in [0, 0.05) is 11.3 Å². The molecule has 3 rings (SSSR count). The molecule has 0 bridgehead atoms. The minimum Gasteiger partial charge on any atom is -0.309 e. The third-order valence-corrected chi connectivity index (χ3v) is 4.39. The number of hydrogen-bond acceptors (Lipinski definition) is 4. The standard InChI is InChI=1S/C12H10N2OS2/c15-12-11-9(5-7-17-11)13-10(14-12)4-3-8-2-1-6-16-8/h1-2,5-7H,3-4H2,(H,13,14,15). The maximum atomic E-state index is 11.7. The van der Waals surface area contributed by atoms with Crippen molar-refractivity contribution in [2.24, 2.45) is 0 Å². The molecule has 0 aromatic carbocycles. The second-order valence-electron chi connectivity index (χ2n) is 3.73. The lowest BCUT2D eigenvalue weighted by Gasteiger charge is -1.99. The minimum atomic E-state index is -0.0221. The average Bonchev–Trinajstić information content (AvgIpc) is 2.97. The van der Waals surface area contributed by atoms with Gasteiger partial charge in [0.25, 0.3) is 5.56 Å². The Morgan fingerprint density at radius 1 is 1.18 bits per heavy atom. The van der Waals surface area contributed by atoms with Crippen LogP contribution in [-0.4, -0.2) is 9.97 Å². The van der Waals surface area contributed by atoms with Crippen LogP contribution in [0.4, 0.5) is 0 Å². The molecule has 0 atom stereocenters. The summed E-state index contributed by atoms with van der Waals surface area (Å²) >= 11 is 3.17. The Balaban J connectivity index is 1.88. The summed E-state index contributed by atoms with van der Waals surface area (Å²) in [5.41, 5.74) is 0.783. The number of fused-ring (bicyclic) bond motifs is 1. The Bertz CT molecular complexity index is 682. The SMILES string of the molecule is O=c1[nH]c(CCc2cccs2)nc2ccsc12. The van der Waals surface area contributed by atoms with Crippen molar-refractivity contribution in [3.8, 4) is 0 Å². The van der Waals surface area contributed by atoms with Gasteiger partial charge >= 0.3 is 0 Å². The van der Waals surface area contributed by atoms with Gasteiger partial charge in [-0.05, 0) is 29.3 Å². The Kier molecular flexibility index (Phi) is 2.78. The first-order valence-corrected chi connectivity index (χ1v) is 7.07. The van der Waals surface area contributed by atoms with Gasteiger partial charge in [0.1, 0.15) is 10.5 Å². The van der Waals surface area contributed by atoms with Crippen LogP contribution < -0.4 is 5.56 Å². The Morgan fingerprint density at radius 3 is 2.94 bits per heavy atom. The quantitative estimate of drug-likeness (QED) is 0.789. The lowest BCUT2D eigenvalue weighted by molar-refractivity contribution is 0.872. The van der Waals surface area contributed by atoms with E-state index in [2.05, 4.69) is 21.4 Å². The second-order valence-corrected chi connectivity index (χ2v) is 5.68. The lowest BCUT2D eigenvalue weighted by atomic mass is 10.2. The molecule has 3 heterocycles. The van der Waals surface area contributed by atoms with Gasteiger partial charge < -0.3 is 4.98 Å². The Labute approximate surface area is 106 Å². The van der Waals surface area contributed by atoms with E-state index in [1.165, 1.54) is 16.2 Å². The molecule has 1 N–H and O–H groups in total. The smallest absolute Gasteiger partial charge is 0.268 e. The summed E-state index contributed by atoms with van der Waals surface area (Å²) in [6.07, 6.45) is 1.71. The topological polar surface area (TPSA) is 45.8 Å². The van der Waals surface area contributed by atoms with Crippen molar-refractivity contribution in [3.05, 3.63) is 50.0 Å². The summed E-state index contributed by atoms with van der Waals surface area (Å²) in [5.74, 6) is 0.773. The second kappa shape index (κ2) is 4.43. The van der Waals surface area contributed by atoms with Crippen molar-refractivity contribution in [2.75, 3.05) is 0 Å². The highest BCUT2D eigenvalue weighted by molar-refractivity contribution is 7.17. The summed E-state index contributed by atoms with van der Waals surface area (Å²) in [5, 5.41) is 3.96. The Morgan fingerprint density at radius 2 is 2.12 bits per heavy atom. The minimum absolute atomic E-state index is 0.0221. The molecule has 86 valence electrons. The molecule has 0 fully saturated rings. The van der Waals surface area contributed by atoms with Crippen LogP contribution in [0.3, 0.4) is 0 Å². The number of H-pyrrole nitrogens is 1. The van der Waals surface area contributed by atoms with E-state index in [0.717, 1.165) is 24.2 Å². The van der Waals surface area contributed by atoms with E-state index in [0.29, 0.717) is 4.70 Å². The first-order chi connectivity index (χ1) is 8.33. The molecular weight excluding hydrogens is 252 g/mol. The zero-order chi connectivity index (χ0) is 11.7. The van der Waals surface area contributed by atoms with Gasteiger partial charge in [-0.25, -0.2) is 4.98 Å². The van der Waals surface area contributed by atoms with Crippen molar-refractivity contribution in [3.63, 3.8) is 0 Å². The van der Waals surface area contributed by atoms with Crippen LogP contribution in [0.5, 0.6) is 0 Å². The van der Waals surface area contributed by atoms with Crippen molar-refractivity contribution in [1.82, 2.24) is 9.97 Å². The number of rotatable bonds is 3. The molecule has 0 aliphatic rings. The van der Waals surface area contributed by atoms with Crippen LogP contribution in [0, 0.1) is 0 Å². The highest BCUT2D eigenvalue weighted by Gasteiger charge is 2.05. The van der Waals surface area contributed by atoms with Crippen LogP contribution in [-0.2, 0) is 12.8 Å². The molecule has 3 aromatic heterocycles. The van der Waals surface area contributed by atoms with Crippen LogP contribution in [0.15, 0.2) is 33.8 Å². The first-order valence-electron chi connectivity index (χ1n) is 5.32. The number of nitrogens with one attached hydrogen (secondary N) is 1. The van der Waals surface area contributed by atoms with E-state index >= 15 is 0 Å². The number of thiophene rings is 2. The maximum absolute atomic E-state index is 11.7. The Hall–Kier alpha value is -1.46. The van der Waals surface area contributed by atoms with Gasteiger partial charge in [-0.3, -0.25) is 4.79 Å². The lowest BCUT2D eigenvalue weighted by Crippen LogP contribution is -2.10. The molecule has 0 saturated carbocycles. The van der Waals surface area contributed by atoms with E-state index < -0.39 is 0 Å². The molecule has 0 saturated heterocycles. The highest BCUT2D eigenvalue weighted by atomic mass is 32.1. The number of aromatic amines is 1. The van der Waals surface area contributed by atoms with E-state index in [9.17, 15) is 4.79 Å². The van der Waals surface area contributed by atoms with Gasteiger partial charge in [-0.15, -0.1) is 22.7 Å². The third kappa shape index (κ3) is 2.16. The highest BCUT2D eigenvalue weighted by Crippen LogP contribution is 2.15. The first kappa shape index (κ1) is 10.7. The summed E-state index contributed by atoms with van der Waals surface area (Å²) in [7, 11) is 0. The van der Waals surface area contributed by atoms with Crippen LogP contribution in [0.25, 0.3) is 10.2 Å². The van der Waals surface area contributed by atoms with Crippen molar-refractivity contribution >= 4 is 32.9 Å². The van der Waals surface area contributed by atoms with Gasteiger partial charge in [-0.1, -0.05) is 6.07 Å². The fraction of sp³-hybridized carbons (Fsp3) is 0.167. The van der Waals surface area contributed by atoms with E-state index in [-0.39, 0.29) is 5.56 Å². The monoisotopic (exact) mass is 262 g/mol. The molecule has 0 aliphatic heterocycles. The third-order valence-electron chi connectivity index (χ3n) is 2.55. The van der Waals surface area contributed by atoms with Gasteiger partial charge in [0.15, 0.2) is 0 Å². The molecule has 0 radical (unpaired) electrons. The maximum Gasteiger partial charge on any atom is 0.268 e. The van der Waals surface area contributed by atoms with Crippen molar-refractivity contribution in [2.45, 2.75) is 12.8 Å². The number of hydrogen-bond donors (Lipinski definition) is 1. The van der Waals surface area contributed by atoms with Crippen LogP contribution >= 0.6 is 22.7 Å². The molecule has 3 nitrogen and oxygen atoms in total. The van der Waals surface area contributed by atoms with Crippen molar-refractivity contribution < 1.29 is 0 Å². The number of aryl methyl sites for hydroxylation is 2. The normalized spacial score (nSPS) is 11.1. The molecule has 3 aromatic rings. The molecule has 17 heavy (non-hydrogen) atoms. The summed E-state index contributed by atoms with van der Waals surface area (Å²) in [6.45, 7) is 0. The summed E-state index contributed by atoms with van der Waals surface area (Å²) < 4.78 is 0.713. The molecule has 0 unspecified atom stereocenters. The largest absolute Gasteiger partial charge is 0.309 e. The van der Waals surface area contributed by atoms with E-state index in [1.54, 1.807) is 11.3 Å². The number of aromatic nitrogens is 2. The molecule has 5 heteroatoms. The van der Waals surface area contributed by atoms with Crippen molar-refractivity contribution in [1.29, 1.82) is 0 Å². The van der Waals surface area contributed by atoms with Gasteiger partial charge in [0.05, 0.1) is 5.52 Å². The molecule has 0 spiro atoms. The van der Waals surface area contributed by atoms with Crippen LogP contribution in [0.1, 0.15) is 10.7 Å². The zero-order valence-electron chi connectivity index (χ0n) is 8.97. The fourth-order valence-corrected chi connectivity index (χ4v) is 3.17. The fourth-order valence-electron chi connectivity index (χ4n) is 1.74. The van der Waals surface area contributed by atoms with E-state index in [1.807, 2.05) is 17.5 Å². The van der Waals surface area contributed by atoms with Crippen LogP contribution in [0.2, 0.25) is 0 Å². The van der Waals surface area contributed by atoms with E-state index in [4.69, 9.17) is 0 Å². The zero-order valence-corrected chi connectivity index (χ0v) is 10.6. The molecule has 0 aliphatic carbocycles. The number of nitrogens with zero attached hydrogens (tertiary/aromatic N) is 1. The average molecular weight is 262 g/mol. The summed E-state index contributed by atoms with van der Waals surface area (Å²) in [4.78, 5) is 20.4. The predicted octanol–water partition coefficient (Wildman–Crippen LogP) is 2.83. The predicted molar refractivity (Wildman–Crippen MR) is 72.0 cm³/mol. The molecule has 0 amide bonds. The molecular formula is C12H10N2OS2. The van der Waals surface area contributed by atoms with Gasteiger partial charge in [0.2, 0.25) is 0 Å².